The van der Waals surface area contributed by atoms with Crippen molar-refractivity contribution in [2.24, 2.45) is 0 Å². The summed E-state index contributed by atoms with van der Waals surface area (Å²) >= 11 is 11.0. The third-order valence-corrected chi connectivity index (χ3v) is 8.90. The summed E-state index contributed by atoms with van der Waals surface area (Å²) in [7, 11) is 0. The van der Waals surface area contributed by atoms with E-state index < -0.39 is 17.1 Å². The number of halogens is 2. The van der Waals surface area contributed by atoms with E-state index in [1.165, 1.54) is 11.8 Å². The average molecular weight is 711 g/mol. The van der Waals surface area contributed by atoms with Crippen LogP contribution in [0.25, 0.3) is 6.08 Å². The number of hydrogen-bond acceptors (Lipinski definition) is 4. The van der Waals surface area contributed by atoms with Crippen LogP contribution < -0.4 is 16.0 Å². The lowest BCUT2D eigenvalue weighted by Gasteiger charge is -2.18. The Balaban J connectivity index is 1.33. The van der Waals surface area contributed by atoms with Gasteiger partial charge in [0.15, 0.2) is 0 Å². The van der Waals surface area contributed by atoms with Crippen LogP contribution in [0.2, 0.25) is 5.02 Å². The fraction of sp³-hybridized carbons (Fsp3) is 0.0541. The van der Waals surface area contributed by atoms with Crippen molar-refractivity contribution < 1.29 is 14.4 Å². The molecule has 1 unspecified atom stereocenters. The fourth-order valence-corrected chi connectivity index (χ4v) is 5.91. The number of thioether (sulfide) groups is 1. The first-order chi connectivity index (χ1) is 22.2. The number of nitrogens with one attached hydrogen (secondary N) is 3. The highest BCUT2D eigenvalue weighted by atomic mass is 79.9. The second-order valence-electron chi connectivity index (χ2n) is 10.3. The number of carbonyl (C=O) groups excluding carboxylic acids is 3. The summed E-state index contributed by atoms with van der Waals surface area (Å²) in [5.41, 5.74) is 4.20. The van der Waals surface area contributed by atoms with Gasteiger partial charge in [-0.2, -0.15) is 0 Å². The van der Waals surface area contributed by atoms with Crippen molar-refractivity contribution in [1.82, 2.24) is 5.32 Å². The summed E-state index contributed by atoms with van der Waals surface area (Å²) in [6.07, 6.45) is 1.62. The smallest absolute Gasteiger partial charge is 0.272 e. The molecule has 0 aliphatic rings. The van der Waals surface area contributed by atoms with E-state index in [0.29, 0.717) is 22.0 Å². The highest BCUT2D eigenvalue weighted by Gasteiger charge is 2.23. The van der Waals surface area contributed by atoms with E-state index in [4.69, 9.17) is 11.6 Å². The van der Waals surface area contributed by atoms with Crippen LogP contribution in [0, 0.1) is 6.92 Å². The molecule has 3 N–H and O–H groups in total. The van der Waals surface area contributed by atoms with Gasteiger partial charge in [0.25, 0.3) is 11.8 Å². The average Bonchev–Trinajstić information content (AvgIpc) is 3.07. The molecular weight excluding hydrogens is 682 g/mol. The summed E-state index contributed by atoms with van der Waals surface area (Å²) in [5, 5.41) is 8.65. The molecule has 3 amide bonds. The van der Waals surface area contributed by atoms with Crippen molar-refractivity contribution in [2.45, 2.75) is 17.1 Å². The van der Waals surface area contributed by atoms with Gasteiger partial charge in [-0.05, 0) is 90.4 Å². The zero-order valence-electron chi connectivity index (χ0n) is 24.7. The molecule has 5 aromatic rings. The number of amides is 3. The van der Waals surface area contributed by atoms with E-state index in [2.05, 4.69) is 31.9 Å². The van der Waals surface area contributed by atoms with Gasteiger partial charge in [0.1, 0.15) is 10.9 Å². The van der Waals surface area contributed by atoms with Crippen molar-refractivity contribution >= 4 is 74.5 Å². The van der Waals surface area contributed by atoms with Gasteiger partial charge in [0.05, 0.1) is 0 Å². The first-order valence-corrected chi connectivity index (χ1v) is 16.3. The monoisotopic (exact) mass is 709 g/mol. The molecule has 5 rings (SSSR count). The van der Waals surface area contributed by atoms with Crippen LogP contribution in [0.1, 0.15) is 32.3 Å². The fourth-order valence-electron chi connectivity index (χ4n) is 4.45. The molecule has 0 bridgehead atoms. The highest BCUT2D eigenvalue weighted by Crippen LogP contribution is 2.37. The van der Waals surface area contributed by atoms with Crippen molar-refractivity contribution in [3.05, 3.63) is 165 Å². The van der Waals surface area contributed by atoms with Gasteiger partial charge in [-0.15, -0.1) is 11.8 Å². The molecule has 0 aliphatic carbocycles. The first kappa shape index (κ1) is 32.8. The topological polar surface area (TPSA) is 87.3 Å². The van der Waals surface area contributed by atoms with Crippen LogP contribution in [0.3, 0.4) is 0 Å². The van der Waals surface area contributed by atoms with Crippen molar-refractivity contribution in [3.63, 3.8) is 0 Å². The molecule has 9 heteroatoms. The maximum Gasteiger partial charge on any atom is 0.272 e. The molecular formula is C37H29BrClN3O3S. The van der Waals surface area contributed by atoms with E-state index in [-0.39, 0.29) is 11.6 Å². The Morgan fingerprint density at radius 1 is 0.783 bits per heavy atom. The molecule has 0 saturated carbocycles. The molecule has 0 saturated heterocycles. The molecule has 6 nitrogen and oxygen atoms in total. The van der Waals surface area contributed by atoms with Gasteiger partial charge in [-0.3, -0.25) is 14.4 Å². The molecule has 46 heavy (non-hydrogen) atoms. The van der Waals surface area contributed by atoms with Crippen LogP contribution in [0.15, 0.2) is 142 Å². The minimum atomic E-state index is -0.548. The van der Waals surface area contributed by atoms with Gasteiger partial charge in [-0.25, -0.2) is 0 Å². The number of benzene rings is 5. The molecule has 5 aromatic carbocycles. The molecule has 0 radical (unpaired) electrons. The number of aryl methyl sites for hydroxylation is 1. The number of carbonyl (C=O) groups is 3. The minimum Gasteiger partial charge on any atom is -0.325 e. The Bertz CT molecular complexity index is 1870. The summed E-state index contributed by atoms with van der Waals surface area (Å²) in [5.74, 6) is -1.06. The molecule has 0 heterocycles. The van der Waals surface area contributed by atoms with Crippen molar-refractivity contribution in [3.8, 4) is 0 Å². The van der Waals surface area contributed by atoms with E-state index in [1.807, 2.05) is 85.8 Å². The number of rotatable bonds is 10. The third kappa shape index (κ3) is 8.97. The maximum absolute atomic E-state index is 13.6. The van der Waals surface area contributed by atoms with Crippen LogP contribution >= 0.6 is 39.3 Å². The number of anilines is 2. The van der Waals surface area contributed by atoms with Crippen LogP contribution in [0.5, 0.6) is 0 Å². The summed E-state index contributed by atoms with van der Waals surface area (Å²) in [4.78, 5) is 40.8. The Labute approximate surface area is 285 Å². The highest BCUT2D eigenvalue weighted by molar-refractivity contribution is 9.10. The van der Waals surface area contributed by atoms with Crippen LogP contribution in [-0.4, -0.2) is 17.7 Å². The van der Waals surface area contributed by atoms with Gasteiger partial charge in [0.2, 0.25) is 5.91 Å². The number of hydrogen-bond donors (Lipinski definition) is 3. The summed E-state index contributed by atoms with van der Waals surface area (Å²) in [6.45, 7) is 1.91. The first-order valence-electron chi connectivity index (χ1n) is 14.3. The summed E-state index contributed by atoms with van der Waals surface area (Å²) in [6, 6.07) is 38.2. The second kappa shape index (κ2) is 15.6. The largest absolute Gasteiger partial charge is 0.325 e. The Morgan fingerprint density at radius 3 is 2.11 bits per heavy atom. The molecule has 1 atom stereocenters. The Kier molecular flexibility index (Phi) is 11.1. The predicted octanol–water partition coefficient (Wildman–Crippen LogP) is 9.29. The van der Waals surface area contributed by atoms with Gasteiger partial charge in [-0.1, -0.05) is 94.3 Å². The molecule has 0 fully saturated rings. The quantitative estimate of drug-likeness (QED) is 0.0996. The molecule has 230 valence electrons. The normalized spacial score (nSPS) is 11.8. The van der Waals surface area contributed by atoms with Crippen molar-refractivity contribution in [2.75, 3.05) is 10.6 Å². The summed E-state index contributed by atoms with van der Waals surface area (Å²) < 4.78 is 0.897. The predicted molar refractivity (Wildman–Crippen MR) is 191 cm³/mol. The van der Waals surface area contributed by atoms with Gasteiger partial charge >= 0.3 is 0 Å². The molecule has 0 spiro atoms. The third-order valence-electron chi connectivity index (χ3n) is 6.87. The Morgan fingerprint density at radius 2 is 1.43 bits per heavy atom. The van der Waals surface area contributed by atoms with Gasteiger partial charge in [0, 0.05) is 31.3 Å². The maximum atomic E-state index is 13.6. The van der Waals surface area contributed by atoms with Gasteiger partial charge < -0.3 is 16.0 Å². The lowest BCUT2D eigenvalue weighted by molar-refractivity contribution is -0.116. The zero-order valence-corrected chi connectivity index (χ0v) is 27.8. The zero-order chi connectivity index (χ0) is 32.5. The lowest BCUT2D eigenvalue weighted by Crippen LogP contribution is -2.30. The van der Waals surface area contributed by atoms with Crippen LogP contribution in [-0.2, 0) is 9.59 Å². The van der Waals surface area contributed by atoms with Crippen LogP contribution in [0.4, 0.5) is 11.4 Å². The lowest BCUT2D eigenvalue weighted by atomic mass is 10.1. The Hall–Kier alpha value is -4.63. The van der Waals surface area contributed by atoms with Crippen molar-refractivity contribution in [1.29, 1.82) is 0 Å². The second-order valence-corrected chi connectivity index (χ2v) is 12.8. The minimum absolute atomic E-state index is 0.0896. The van der Waals surface area contributed by atoms with E-state index >= 15 is 0 Å². The molecule has 0 aliphatic heterocycles. The molecule has 0 aromatic heterocycles. The van der Waals surface area contributed by atoms with E-state index in [9.17, 15) is 14.4 Å². The van der Waals surface area contributed by atoms with E-state index in [0.717, 1.165) is 26.1 Å². The van der Waals surface area contributed by atoms with E-state index in [1.54, 1.807) is 54.6 Å². The SMILES string of the molecule is Cc1ccc(Cl)cc1NC(=O)C(Sc1ccc(NC(=O)/C(=C/c2ccc(Br)cc2)NC(=O)c2ccccc2)cc1)c1ccccc1. The standard InChI is InChI=1S/C37H29BrClN3O3S/c1-24-12-17-29(39)23-32(24)41-37(45)34(26-8-4-2-5-9-26)46-31-20-18-30(19-21-31)40-36(44)33(22-25-13-15-28(38)16-14-25)42-35(43)27-10-6-3-7-11-27/h2-23,34H,1H3,(H,40,44)(H,41,45)(H,42,43)/b33-22-.